The van der Waals surface area contributed by atoms with Gasteiger partial charge in [-0.25, -0.2) is 0 Å². The predicted octanol–water partition coefficient (Wildman–Crippen LogP) is 8.68. The van der Waals surface area contributed by atoms with Crippen LogP contribution in [0.25, 0.3) is 0 Å². The van der Waals surface area contributed by atoms with Gasteiger partial charge < -0.3 is 10.2 Å². The van der Waals surface area contributed by atoms with E-state index in [-0.39, 0.29) is 11.5 Å². The van der Waals surface area contributed by atoms with Crippen molar-refractivity contribution in [1.82, 2.24) is 0 Å². The van der Waals surface area contributed by atoms with Crippen LogP contribution in [0.2, 0.25) is 0 Å². The van der Waals surface area contributed by atoms with Gasteiger partial charge in [-0.2, -0.15) is 0 Å². The maximum absolute atomic E-state index is 9.79. The molecule has 1 aromatic carbocycles. The van der Waals surface area contributed by atoms with Gasteiger partial charge in [0.25, 0.3) is 0 Å². The van der Waals surface area contributed by atoms with Gasteiger partial charge in [0.15, 0.2) is 11.5 Å². The summed E-state index contributed by atoms with van der Waals surface area (Å²) in [5.41, 5.74) is 0.872. The van der Waals surface area contributed by atoms with Gasteiger partial charge in [0.05, 0.1) is 0 Å². The fourth-order valence-electron chi connectivity index (χ4n) is 4.00. The fraction of sp³-hybridized carbons (Fsp3) is 0.769. The molecule has 0 atom stereocenters. The summed E-state index contributed by atoms with van der Waals surface area (Å²) in [4.78, 5) is 0. The minimum atomic E-state index is -0.0000843. The van der Waals surface area contributed by atoms with Gasteiger partial charge in [0, 0.05) is 0 Å². The van der Waals surface area contributed by atoms with Crippen LogP contribution in [-0.4, -0.2) is 10.2 Å². The Bertz CT molecular complexity index is 470. The van der Waals surface area contributed by atoms with Crippen molar-refractivity contribution < 1.29 is 10.2 Å². The fourth-order valence-corrected chi connectivity index (χ4v) is 4.00. The van der Waals surface area contributed by atoms with Crippen molar-refractivity contribution in [3.05, 3.63) is 23.8 Å². The first kappa shape index (κ1) is 24.9. The van der Waals surface area contributed by atoms with Gasteiger partial charge in [-0.3, -0.25) is 0 Å². The summed E-state index contributed by atoms with van der Waals surface area (Å²) < 4.78 is 0. The zero-order chi connectivity index (χ0) is 20.3. The van der Waals surface area contributed by atoms with Crippen molar-refractivity contribution in [2.75, 3.05) is 0 Å². The molecule has 0 aliphatic heterocycles. The van der Waals surface area contributed by atoms with E-state index < -0.39 is 0 Å². The maximum atomic E-state index is 9.79. The molecule has 0 saturated heterocycles. The number of aromatic hydroxyl groups is 2. The van der Waals surface area contributed by atoms with E-state index in [1.807, 2.05) is 6.07 Å². The summed E-state index contributed by atoms with van der Waals surface area (Å²) >= 11 is 0. The minimum absolute atomic E-state index is 0.0000843. The van der Waals surface area contributed by atoms with Crippen LogP contribution in [0, 0.1) is 0 Å². The van der Waals surface area contributed by atoms with Crippen LogP contribution in [0.5, 0.6) is 11.5 Å². The highest BCUT2D eigenvalue weighted by atomic mass is 16.3. The third-order valence-electron chi connectivity index (χ3n) is 5.90. The molecule has 1 aromatic rings. The van der Waals surface area contributed by atoms with Gasteiger partial charge in [0.2, 0.25) is 0 Å². The second kappa shape index (κ2) is 17.9. The SMILES string of the molecule is CCCCCCCCCCCCCCCCCCCCc1cccc(O)c1O. The lowest BCUT2D eigenvalue weighted by Gasteiger charge is -2.06. The molecule has 0 saturated carbocycles. The smallest absolute Gasteiger partial charge is 0.160 e. The molecule has 0 aliphatic rings. The lowest BCUT2D eigenvalue weighted by atomic mass is 10.0. The van der Waals surface area contributed by atoms with Crippen LogP contribution >= 0.6 is 0 Å². The molecular formula is C26H46O2. The first-order valence-corrected chi connectivity index (χ1v) is 12.3. The third kappa shape index (κ3) is 13.1. The highest BCUT2D eigenvalue weighted by Crippen LogP contribution is 2.29. The molecule has 0 spiro atoms. The molecule has 0 radical (unpaired) electrons. The van der Waals surface area contributed by atoms with Crippen molar-refractivity contribution in [1.29, 1.82) is 0 Å². The van der Waals surface area contributed by atoms with E-state index in [1.165, 1.54) is 115 Å². The molecule has 0 unspecified atom stereocenters. The van der Waals surface area contributed by atoms with Crippen LogP contribution in [0.3, 0.4) is 0 Å². The number of para-hydroxylation sites is 1. The minimum Gasteiger partial charge on any atom is -0.504 e. The molecular weight excluding hydrogens is 344 g/mol. The average molecular weight is 391 g/mol. The Morgan fingerprint density at radius 1 is 0.536 bits per heavy atom. The number of unbranched alkanes of at least 4 members (excludes halogenated alkanes) is 17. The average Bonchev–Trinajstić information content (AvgIpc) is 2.70. The van der Waals surface area contributed by atoms with Crippen molar-refractivity contribution in [3.63, 3.8) is 0 Å². The Labute approximate surface area is 174 Å². The van der Waals surface area contributed by atoms with Crippen LogP contribution in [-0.2, 0) is 6.42 Å². The molecule has 0 bridgehead atoms. The monoisotopic (exact) mass is 390 g/mol. The molecule has 162 valence electrons. The normalized spacial score (nSPS) is 11.2. The van der Waals surface area contributed by atoms with Gasteiger partial charge in [-0.15, -0.1) is 0 Å². The number of rotatable bonds is 19. The molecule has 1 rings (SSSR count). The van der Waals surface area contributed by atoms with Crippen molar-refractivity contribution >= 4 is 0 Å². The Kier molecular flexibility index (Phi) is 15.9. The summed E-state index contributed by atoms with van der Waals surface area (Å²) in [6, 6.07) is 5.25. The number of phenolic OH excluding ortho intramolecular Hbond substituents is 2. The third-order valence-corrected chi connectivity index (χ3v) is 5.90. The Morgan fingerprint density at radius 2 is 0.929 bits per heavy atom. The van der Waals surface area contributed by atoms with Crippen molar-refractivity contribution in [3.8, 4) is 11.5 Å². The van der Waals surface area contributed by atoms with E-state index in [0.29, 0.717) is 0 Å². The number of phenols is 2. The molecule has 28 heavy (non-hydrogen) atoms. The first-order valence-electron chi connectivity index (χ1n) is 12.3. The second-order valence-corrected chi connectivity index (χ2v) is 8.55. The van der Waals surface area contributed by atoms with E-state index in [0.717, 1.165) is 18.4 Å². The zero-order valence-corrected chi connectivity index (χ0v) is 18.6. The molecule has 2 nitrogen and oxygen atoms in total. The highest BCUT2D eigenvalue weighted by molar-refractivity contribution is 5.44. The lowest BCUT2D eigenvalue weighted by molar-refractivity contribution is 0.398. The number of hydrogen-bond donors (Lipinski definition) is 2. The van der Waals surface area contributed by atoms with Crippen LogP contribution in [0.1, 0.15) is 128 Å². The van der Waals surface area contributed by atoms with Gasteiger partial charge >= 0.3 is 0 Å². The number of benzene rings is 1. The Hall–Kier alpha value is -1.18. The molecule has 0 amide bonds. The summed E-state index contributed by atoms with van der Waals surface area (Å²) in [5, 5.41) is 19.3. The van der Waals surface area contributed by atoms with E-state index in [1.54, 1.807) is 6.07 Å². The highest BCUT2D eigenvalue weighted by Gasteiger charge is 2.04. The summed E-state index contributed by atoms with van der Waals surface area (Å²) in [5.74, 6) is 0.0642. The summed E-state index contributed by atoms with van der Waals surface area (Å²) in [7, 11) is 0. The van der Waals surface area contributed by atoms with Gasteiger partial charge in [0.1, 0.15) is 0 Å². The Balaban J connectivity index is 1.77. The van der Waals surface area contributed by atoms with Gasteiger partial charge in [-0.05, 0) is 24.5 Å². The molecule has 2 heteroatoms. The van der Waals surface area contributed by atoms with Gasteiger partial charge in [-0.1, -0.05) is 128 Å². The van der Waals surface area contributed by atoms with E-state index in [4.69, 9.17) is 0 Å². The predicted molar refractivity (Wildman–Crippen MR) is 122 cm³/mol. The Morgan fingerprint density at radius 3 is 1.36 bits per heavy atom. The topological polar surface area (TPSA) is 40.5 Å². The lowest BCUT2D eigenvalue weighted by Crippen LogP contribution is -1.88. The van der Waals surface area contributed by atoms with Crippen molar-refractivity contribution in [2.45, 2.75) is 129 Å². The van der Waals surface area contributed by atoms with E-state index in [2.05, 4.69) is 6.92 Å². The largest absolute Gasteiger partial charge is 0.504 e. The molecule has 0 fully saturated rings. The second-order valence-electron chi connectivity index (χ2n) is 8.55. The van der Waals surface area contributed by atoms with E-state index >= 15 is 0 Å². The van der Waals surface area contributed by atoms with E-state index in [9.17, 15) is 10.2 Å². The quantitative estimate of drug-likeness (QED) is 0.183. The summed E-state index contributed by atoms with van der Waals surface area (Å²) in [6.45, 7) is 2.29. The maximum Gasteiger partial charge on any atom is 0.160 e. The summed E-state index contributed by atoms with van der Waals surface area (Å²) in [6.07, 6.45) is 25.7. The molecule has 0 aliphatic carbocycles. The van der Waals surface area contributed by atoms with Crippen LogP contribution < -0.4 is 0 Å². The molecule has 0 heterocycles. The first-order chi connectivity index (χ1) is 13.8. The van der Waals surface area contributed by atoms with Crippen molar-refractivity contribution in [2.24, 2.45) is 0 Å². The van der Waals surface area contributed by atoms with Crippen LogP contribution in [0.4, 0.5) is 0 Å². The standard InChI is InChI=1S/C26H46O2/c1-2-3-4-5-6-7-8-9-10-11-12-13-14-15-16-17-18-19-21-24-22-20-23-25(27)26(24)28/h20,22-23,27-28H,2-19,21H2,1H3. The zero-order valence-electron chi connectivity index (χ0n) is 18.6. The molecule has 2 N–H and O–H groups in total. The number of hydrogen-bond acceptors (Lipinski definition) is 2. The number of aryl methyl sites for hydroxylation is 1. The van der Waals surface area contributed by atoms with Crippen LogP contribution in [0.15, 0.2) is 18.2 Å². The molecule has 0 aromatic heterocycles.